The van der Waals surface area contributed by atoms with Gasteiger partial charge in [-0.3, -0.25) is 14.5 Å². The highest BCUT2D eigenvalue weighted by Gasteiger charge is 2.48. The van der Waals surface area contributed by atoms with E-state index in [1.165, 1.54) is 16.2 Å². The minimum absolute atomic E-state index is 0.0269. The lowest BCUT2D eigenvalue weighted by Gasteiger charge is -2.23. The van der Waals surface area contributed by atoms with Crippen molar-refractivity contribution in [2.75, 3.05) is 18.1 Å². The number of hydrogen-bond acceptors (Lipinski definition) is 7. The summed E-state index contributed by atoms with van der Waals surface area (Å²) in [6.07, 6.45) is 0.884. The molecule has 3 aromatic carbocycles. The molecule has 0 bridgehead atoms. The van der Waals surface area contributed by atoms with Gasteiger partial charge in [0.25, 0.3) is 5.78 Å². The van der Waals surface area contributed by atoms with Crippen LogP contribution >= 0.6 is 22.9 Å². The molecule has 9 heteroatoms. The molecular weight excluding hydrogens is 548 g/mol. The lowest BCUT2D eigenvalue weighted by Crippen LogP contribution is -2.29. The minimum atomic E-state index is -0.920. The van der Waals surface area contributed by atoms with Crippen molar-refractivity contribution in [3.63, 3.8) is 0 Å². The molecule has 206 valence electrons. The number of nitrogens with zero attached hydrogens (tertiary/aromatic N) is 2. The van der Waals surface area contributed by atoms with Crippen LogP contribution < -0.4 is 14.4 Å². The Bertz CT molecular complexity index is 1600. The van der Waals surface area contributed by atoms with Gasteiger partial charge in [-0.05, 0) is 79.4 Å². The zero-order valence-corrected chi connectivity index (χ0v) is 24.0. The number of benzene rings is 3. The number of anilines is 1. The van der Waals surface area contributed by atoms with Crippen molar-refractivity contribution in [3.8, 4) is 11.5 Å². The maximum atomic E-state index is 13.6. The average Bonchev–Trinajstić information content (AvgIpc) is 3.46. The van der Waals surface area contributed by atoms with Gasteiger partial charge in [0, 0.05) is 10.6 Å². The summed E-state index contributed by atoms with van der Waals surface area (Å²) < 4.78 is 12.4. The Kier molecular flexibility index (Phi) is 8.09. The Hall–Kier alpha value is -3.88. The van der Waals surface area contributed by atoms with E-state index in [1.54, 1.807) is 30.3 Å². The van der Waals surface area contributed by atoms with Crippen molar-refractivity contribution in [2.24, 2.45) is 5.92 Å². The average molecular weight is 577 g/mol. The number of halogens is 1. The van der Waals surface area contributed by atoms with Gasteiger partial charge in [-0.15, -0.1) is 0 Å². The van der Waals surface area contributed by atoms with Crippen LogP contribution in [0.3, 0.4) is 0 Å². The van der Waals surface area contributed by atoms with E-state index in [9.17, 15) is 14.7 Å². The van der Waals surface area contributed by atoms with E-state index in [1.807, 2.05) is 43.3 Å². The maximum absolute atomic E-state index is 13.6. The van der Waals surface area contributed by atoms with Crippen LogP contribution in [0.4, 0.5) is 5.13 Å². The third kappa shape index (κ3) is 5.55. The number of carbonyl (C=O) groups is 2. The van der Waals surface area contributed by atoms with Gasteiger partial charge >= 0.3 is 5.91 Å². The van der Waals surface area contributed by atoms with Crippen LogP contribution in [0, 0.1) is 5.92 Å². The molecule has 0 aliphatic carbocycles. The number of thiazole rings is 1. The van der Waals surface area contributed by atoms with Crippen LogP contribution in [0.25, 0.3) is 16.0 Å². The van der Waals surface area contributed by atoms with E-state index in [0.29, 0.717) is 57.4 Å². The molecule has 0 saturated carbocycles. The number of aromatic nitrogens is 1. The molecule has 1 unspecified atom stereocenters. The lowest BCUT2D eigenvalue weighted by atomic mass is 9.95. The van der Waals surface area contributed by atoms with Crippen molar-refractivity contribution in [1.29, 1.82) is 0 Å². The molecule has 0 spiro atoms. The summed E-state index contributed by atoms with van der Waals surface area (Å²) in [5, 5.41) is 12.2. The zero-order chi connectivity index (χ0) is 28.4. The van der Waals surface area contributed by atoms with Gasteiger partial charge < -0.3 is 14.6 Å². The molecule has 1 aromatic heterocycles. The summed E-state index contributed by atoms with van der Waals surface area (Å²) in [6, 6.07) is 18.3. The van der Waals surface area contributed by atoms with E-state index in [0.717, 1.165) is 11.1 Å². The van der Waals surface area contributed by atoms with E-state index in [4.69, 9.17) is 21.1 Å². The molecule has 1 amide bonds. The number of carbonyl (C=O) groups excluding carboxylic acids is 2. The van der Waals surface area contributed by atoms with Gasteiger partial charge in [0.1, 0.15) is 17.3 Å². The lowest BCUT2D eigenvalue weighted by molar-refractivity contribution is -0.132. The van der Waals surface area contributed by atoms with E-state index in [2.05, 4.69) is 18.8 Å². The number of Topliss-reactive ketones (excluding diaryl/α,β-unsaturated/α-hetero) is 1. The first kappa shape index (κ1) is 27.7. The highest BCUT2D eigenvalue weighted by atomic mass is 35.5. The monoisotopic (exact) mass is 576 g/mol. The summed E-state index contributed by atoms with van der Waals surface area (Å²) in [7, 11) is 0. The fourth-order valence-corrected chi connectivity index (χ4v) is 5.69. The van der Waals surface area contributed by atoms with Crippen LogP contribution in [0.15, 0.2) is 72.3 Å². The molecule has 1 aliphatic heterocycles. The van der Waals surface area contributed by atoms with Gasteiger partial charge in [0.2, 0.25) is 0 Å². The van der Waals surface area contributed by atoms with E-state index in [-0.39, 0.29) is 11.3 Å². The third-order valence-corrected chi connectivity index (χ3v) is 7.83. The van der Waals surface area contributed by atoms with Crippen LogP contribution in [0.5, 0.6) is 11.5 Å². The molecule has 2 heterocycles. The summed E-state index contributed by atoms with van der Waals surface area (Å²) in [5.74, 6) is -0.0578. The van der Waals surface area contributed by atoms with Gasteiger partial charge in [-0.1, -0.05) is 48.9 Å². The normalized spacial score (nSPS) is 16.7. The fourth-order valence-electron chi connectivity index (χ4n) is 4.55. The molecule has 7 nitrogen and oxygen atoms in total. The predicted octanol–water partition coefficient (Wildman–Crippen LogP) is 7.40. The van der Waals surface area contributed by atoms with Crippen LogP contribution in [-0.2, 0) is 9.59 Å². The van der Waals surface area contributed by atoms with Crippen molar-refractivity contribution in [2.45, 2.75) is 33.2 Å². The largest absolute Gasteiger partial charge is 0.507 e. The Labute approximate surface area is 241 Å². The first-order valence-electron chi connectivity index (χ1n) is 13.1. The van der Waals surface area contributed by atoms with Gasteiger partial charge in [-0.25, -0.2) is 4.98 Å². The zero-order valence-electron chi connectivity index (χ0n) is 22.4. The van der Waals surface area contributed by atoms with Gasteiger partial charge in [0.05, 0.1) is 35.0 Å². The molecule has 1 saturated heterocycles. The molecule has 1 fully saturated rings. The van der Waals surface area contributed by atoms with Gasteiger partial charge in [0.15, 0.2) is 5.13 Å². The van der Waals surface area contributed by atoms with E-state index < -0.39 is 17.7 Å². The maximum Gasteiger partial charge on any atom is 0.301 e. The number of aliphatic hydroxyl groups excluding tert-OH is 1. The first-order valence-corrected chi connectivity index (χ1v) is 14.3. The summed E-state index contributed by atoms with van der Waals surface area (Å²) >= 11 is 7.33. The van der Waals surface area contributed by atoms with Crippen LogP contribution in [0.1, 0.15) is 44.4 Å². The van der Waals surface area contributed by atoms with Crippen LogP contribution in [-0.4, -0.2) is 35.0 Å². The molecule has 4 aromatic rings. The Morgan fingerprint density at radius 2 is 1.80 bits per heavy atom. The second kappa shape index (κ2) is 11.7. The number of hydrogen-bond donors (Lipinski definition) is 1. The molecule has 1 aliphatic rings. The van der Waals surface area contributed by atoms with E-state index >= 15 is 0 Å². The van der Waals surface area contributed by atoms with Crippen molar-refractivity contribution >= 4 is 55.7 Å². The Morgan fingerprint density at radius 1 is 1.05 bits per heavy atom. The molecule has 5 rings (SSSR count). The van der Waals surface area contributed by atoms with Crippen molar-refractivity contribution < 1.29 is 24.2 Å². The minimum Gasteiger partial charge on any atom is -0.507 e. The molecular formula is C31H29ClN2O5S. The number of ketones is 1. The second-order valence-corrected chi connectivity index (χ2v) is 11.3. The van der Waals surface area contributed by atoms with Crippen molar-refractivity contribution in [1.82, 2.24) is 4.98 Å². The highest BCUT2D eigenvalue weighted by molar-refractivity contribution is 7.22. The quantitative estimate of drug-likeness (QED) is 0.127. The molecule has 40 heavy (non-hydrogen) atoms. The second-order valence-electron chi connectivity index (χ2n) is 9.84. The standard InChI is InChI=1S/C31H29ClN2O5S/c1-4-38-23-12-13-24-25(17-23)40-31(33-24)34-27(20-6-5-7-22(16-20)39-15-14-18(2)3)26(29(36)30(34)37)28(35)19-8-10-21(32)11-9-19/h5-13,16-18,27,35H,4,14-15H2,1-3H3. The summed E-state index contributed by atoms with van der Waals surface area (Å²) in [4.78, 5) is 33.2. The predicted molar refractivity (Wildman–Crippen MR) is 158 cm³/mol. The summed E-state index contributed by atoms with van der Waals surface area (Å²) in [6.45, 7) is 7.21. The molecule has 1 N–H and O–H groups in total. The Morgan fingerprint density at radius 3 is 2.52 bits per heavy atom. The number of fused-ring (bicyclic) bond motifs is 1. The highest BCUT2D eigenvalue weighted by Crippen LogP contribution is 2.45. The van der Waals surface area contributed by atoms with Gasteiger partial charge in [-0.2, -0.15) is 0 Å². The molecule has 0 radical (unpaired) electrons. The smallest absolute Gasteiger partial charge is 0.301 e. The number of ether oxygens (including phenoxy) is 2. The summed E-state index contributed by atoms with van der Waals surface area (Å²) in [5.41, 5.74) is 1.64. The SMILES string of the molecule is CCOc1ccc2nc(N3C(=O)C(=O)C(=C(O)c4ccc(Cl)cc4)C3c3cccc(OCCC(C)C)c3)sc2c1. The van der Waals surface area contributed by atoms with Crippen LogP contribution in [0.2, 0.25) is 5.02 Å². The fraction of sp³-hybridized carbons (Fsp3) is 0.258. The van der Waals surface area contributed by atoms with Crippen molar-refractivity contribution in [3.05, 3.63) is 88.5 Å². The topological polar surface area (TPSA) is 89.0 Å². The third-order valence-electron chi connectivity index (χ3n) is 6.57. The molecule has 1 atom stereocenters. The first-order chi connectivity index (χ1) is 19.3. The number of rotatable bonds is 9. The Balaban J connectivity index is 1.64. The number of aliphatic hydroxyl groups is 1. The number of amides is 1.